The quantitative estimate of drug-likeness (QED) is 0.666. The first-order valence-electron chi connectivity index (χ1n) is 3.64. The standard InChI is InChI=1S/C8H7F3NOP/c9-8(10,11)7(13)12(14)6-4-2-1-3-5-6/h1-5H,14H2. The molecule has 0 bridgehead atoms. The average Bonchev–Trinajstić information content (AvgIpc) is 2.15. The predicted octanol–water partition coefficient (Wildman–Crippen LogP) is 2.37. The summed E-state index contributed by atoms with van der Waals surface area (Å²) in [6.45, 7) is 0. The first kappa shape index (κ1) is 11.0. The molecular formula is C8H7F3NOP. The first-order chi connectivity index (χ1) is 6.43. The van der Waals surface area contributed by atoms with Crippen molar-refractivity contribution in [3.63, 3.8) is 0 Å². The molecule has 6 heteroatoms. The topological polar surface area (TPSA) is 20.3 Å². The zero-order valence-electron chi connectivity index (χ0n) is 6.95. The molecule has 76 valence electrons. The summed E-state index contributed by atoms with van der Waals surface area (Å²) in [7, 11) is 1.74. The van der Waals surface area contributed by atoms with Gasteiger partial charge in [-0.1, -0.05) is 18.2 Å². The molecule has 0 spiro atoms. The van der Waals surface area contributed by atoms with Crippen LogP contribution in [0.5, 0.6) is 0 Å². The highest BCUT2D eigenvalue weighted by Crippen LogP contribution is 2.25. The summed E-state index contributed by atoms with van der Waals surface area (Å²) in [6.07, 6.45) is -4.85. The zero-order valence-corrected chi connectivity index (χ0v) is 8.11. The Morgan fingerprint density at radius 2 is 1.71 bits per heavy atom. The molecule has 1 aromatic carbocycles. The van der Waals surface area contributed by atoms with Crippen molar-refractivity contribution in [1.29, 1.82) is 0 Å². The van der Waals surface area contributed by atoms with Crippen molar-refractivity contribution in [2.75, 3.05) is 4.67 Å². The Balaban J connectivity index is 2.87. The Hall–Kier alpha value is -1.09. The maximum absolute atomic E-state index is 12.0. The van der Waals surface area contributed by atoms with Gasteiger partial charge in [0.1, 0.15) is 0 Å². The van der Waals surface area contributed by atoms with Gasteiger partial charge in [-0.05, 0) is 21.5 Å². The molecule has 1 aromatic rings. The molecule has 0 heterocycles. The Morgan fingerprint density at radius 1 is 1.21 bits per heavy atom. The third kappa shape index (κ3) is 2.45. The minimum atomic E-state index is -4.85. The summed E-state index contributed by atoms with van der Waals surface area (Å²) in [4.78, 5) is 10.7. The van der Waals surface area contributed by atoms with E-state index in [1.165, 1.54) is 12.1 Å². The van der Waals surface area contributed by atoms with Crippen molar-refractivity contribution in [2.45, 2.75) is 6.18 Å². The molecule has 1 rings (SSSR count). The van der Waals surface area contributed by atoms with E-state index in [0.29, 0.717) is 4.67 Å². The molecule has 0 fully saturated rings. The number of para-hydroxylation sites is 1. The molecule has 1 amide bonds. The van der Waals surface area contributed by atoms with Crippen LogP contribution < -0.4 is 4.67 Å². The fourth-order valence-electron chi connectivity index (χ4n) is 0.842. The normalized spacial score (nSPS) is 11.1. The zero-order chi connectivity index (χ0) is 10.8. The van der Waals surface area contributed by atoms with Crippen LogP contribution in [0, 0.1) is 0 Å². The van der Waals surface area contributed by atoms with Crippen LogP contribution in [-0.2, 0) is 4.79 Å². The van der Waals surface area contributed by atoms with Gasteiger partial charge in [0.05, 0.1) is 0 Å². The van der Waals surface area contributed by atoms with Gasteiger partial charge in [0.25, 0.3) is 0 Å². The van der Waals surface area contributed by atoms with E-state index in [0.717, 1.165) is 0 Å². The van der Waals surface area contributed by atoms with E-state index in [-0.39, 0.29) is 5.69 Å². The van der Waals surface area contributed by atoms with Crippen LogP contribution in [-0.4, -0.2) is 12.1 Å². The summed E-state index contributed by atoms with van der Waals surface area (Å²) in [5, 5.41) is 0. The van der Waals surface area contributed by atoms with Crippen LogP contribution in [0.2, 0.25) is 0 Å². The third-order valence-corrected chi connectivity index (χ3v) is 2.03. The van der Waals surface area contributed by atoms with E-state index < -0.39 is 12.1 Å². The molecule has 0 saturated carbocycles. The number of alkyl halides is 3. The fourth-order valence-corrected chi connectivity index (χ4v) is 1.16. The predicted molar refractivity (Wildman–Crippen MR) is 49.7 cm³/mol. The minimum absolute atomic E-state index is 0.180. The van der Waals surface area contributed by atoms with Gasteiger partial charge in [-0.2, -0.15) is 13.2 Å². The lowest BCUT2D eigenvalue weighted by atomic mass is 10.3. The minimum Gasteiger partial charge on any atom is -0.289 e. The Kier molecular flexibility index (Phi) is 3.11. The molecule has 0 radical (unpaired) electrons. The second-order valence-corrected chi connectivity index (χ2v) is 3.02. The molecule has 0 aromatic heterocycles. The number of hydrogen-bond donors (Lipinski definition) is 0. The molecule has 1 atom stereocenters. The van der Waals surface area contributed by atoms with Crippen LogP contribution in [0.15, 0.2) is 30.3 Å². The molecule has 1 unspecified atom stereocenters. The van der Waals surface area contributed by atoms with E-state index in [1.54, 1.807) is 27.6 Å². The average molecular weight is 221 g/mol. The lowest BCUT2D eigenvalue weighted by Gasteiger charge is -2.17. The summed E-state index contributed by atoms with van der Waals surface area (Å²) in [5.74, 6) is -1.91. The number of hydrogen-bond acceptors (Lipinski definition) is 1. The number of carbonyl (C=O) groups excluding carboxylic acids is 1. The maximum Gasteiger partial charge on any atom is 0.472 e. The lowest BCUT2D eigenvalue weighted by molar-refractivity contribution is -0.168. The van der Waals surface area contributed by atoms with Gasteiger partial charge < -0.3 is 0 Å². The number of halogens is 3. The summed E-state index contributed by atoms with van der Waals surface area (Å²) in [6, 6.07) is 7.58. The number of carbonyl (C=O) groups is 1. The van der Waals surface area contributed by atoms with E-state index >= 15 is 0 Å². The third-order valence-electron chi connectivity index (χ3n) is 1.50. The molecule has 0 saturated heterocycles. The molecule has 0 aliphatic heterocycles. The smallest absolute Gasteiger partial charge is 0.289 e. The van der Waals surface area contributed by atoms with Crippen molar-refractivity contribution < 1.29 is 18.0 Å². The van der Waals surface area contributed by atoms with Crippen LogP contribution in [0.4, 0.5) is 18.9 Å². The number of anilines is 1. The molecule has 0 aliphatic rings. The van der Waals surface area contributed by atoms with Crippen molar-refractivity contribution >= 4 is 21.0 Å². The van der Waals surface area contributed by atoms with Crippen LogP contribution in [0.1, 0.15) is 0 Å². The van der Waals surface area contributed by atoms with Crippen molar-refractivity contribution in [3.05, 3.63) is 30.3 Å². The largest absolute Gasteiger partial charge is 0.472 e. The molecule has 2 nitrogen and oxygen atoms in total. The van der Waals surface area contributed by atoms with Crippen molar-refractivity contribution in [3.8, 4) is 0 Å². The van der Waals surface area contributed by atoms with Crippen LogP contribution in [0.25, 0.3) is 0 Å². The highest BCUT2D eigenvalue weighted by molar-refractivity contribution is 7.21. The van der Waals surface area contributed by atoms with Crippen LogP contribution in [0.3, 0.4) is 0 Å². The maximum atomic E-state index is 12.0. The monoisotopic (exact) mass is 221 g/mol. The number of benzene rings is 1. The van der Waals surface area contributed by atoms with E-state index in [1.807, 2.05) is 0 Å². The van der Waals surface area contributed by atoms with E-state index in [9.17, 15) is 18.0 Å². The number of rotatable bonds is 1. The molecule has 0 N–H and O–H groups in total. The summed E-state index contributed by atoms with van der Waals surface area (Å²) >= 11 is 0. The summed E-state index contributed by atoms with van der Waals surface area (Å²) < 4.78 is 36.4. The van der Waals surface area contributed by atoms with Gasteiger partial charge in [-0.15, -0.1) is 0 Å². The second-order valence-electron chi connectivity index (χ2n) is 2.51. The SMILES string of the molecule is O=C(N(P)c1ccccc1)C(F)(F)F. The number of nitrogens with zero attached hydrogens (tertiary/aromatic N) is 1. The van der Waals surface area contributed by atoms with Gasteiger partial charge in [0, 0.05) is 5.69 Å². The van der Waals surface area contributed by atoms with Crippen molar-refractivity contribution in [2.24, 2.45) is 0 Å². The number of amides is 1. The first-order valence-corrected chi connectivity index (χ1v) is 4.15. The summed E-state index contributed by atoms with van der Waals surface area (Å²) in [5.41, 5.74) is 0.180. The van der Waals surface area contributed by atoms with E-state index in [2.05, 4.69) is 0 Å². The second kappa shape index (κ2) is 3.96. The van der Waals surface area contributed by atoms with Gasteiger partial charge in [0.2, 0.25) is 0 Å². The molecule has 0 aliphatic carbocycles. The Bertz CT molecular complexity index is 325. The van der Waals surface area contributed by atoms with Crippen LogP contribution >= 0.6 is 9.39 Å². The van der Waals surface area contributed by atoms with Gasteiger partial charge in [-0.3, -0.25) is 9.46 Å². The van der Waals surface area contributed by atoms with E-state index in [4.69, 9.17) is 0 Å². The molecular weight excluding hydrogens is 214 g/mol. The van der Waals surface area contributed by atoms with Gasteiger partial charge in [-0.25, -0.2) is 0 Å². The van der Waals surface area contributed by atoms with Gasteiger partial charge in [0.15, 0.2) is 0 Å². The highest BCUT2D eigenvalue weighted by Gasteiger charge is 2.41. The van der Waals surface area contributed by atoms with Gasteiger partial charge >= 0.3 is 12.1 Å². The highest BCUT2D eigenvalue weighted by atomic mass is 31.0. The molecule has 14 heavy (non-hydrogen) atoms. The fraction of sp³-hybridized carbons (Fsp3) is 0.125. The Labute approximate surface area is 81.0 Å². The Morgan fingerprint density at radius 3 is 2.14 bits per heavy atom. The lowest BCUT2D eigenvalue weighted by Crippen LogP contribution is -2.34. The van der Waals surface area contributed by atoms with Crippen molar-refractivity contribution in [1.82, 2.24) is 0 Å².